The van der Waals surface area contributed by atoms with Crippen molar-refractivity contribution in [3.63, 3.8) is 0 Å². The lowest BCUT2D eigenvalue weighted by Gasteiger charge is -1.99. The fraction of sp³-hybridized carbons (Fsp3) is 0.294. The molecule has 5 heteroatoms. The number of hydrogen-bond acceptors (Lipinski definition) is 2. The maximum atomic E-state index is 11.4. The van der Waals surface area contributed by atoms with Crippen LogP contribution in [-0.4, -0.2) is 25.8 Å². The first-order chi connectivity index (χ1) is 10.4. The van der Waals surface area contributed by atoms with Crippen molar-refractivity contribution in [1.29, 1.82) is 0 Å². The SMILES string of the molecule is Cc1ccc(S(=O)CCBr)cc1.Cc1ccc(S(C)=O)cc1. The van der Waals surface area contributed by atoms with Crippen LogP contribution in [0.1, 0.15) is 11.1 Å². The highest BCUT2D eigenvalue weighted by atomic mass is 79.9. The fourth-order valence-electron chi connectivity index (χ4n) is 1.61. The van der Waals surface area contributed by atoms with Crippen LogP contribution in [0.2, 0.25) is 0 Å². The van der Waals surface area contributed by atoms with Crippen LogP contribution in [0, 0.1) is 13.8 Å². The Labute approximate surface area is 146 Å². The van der Waals surface area contributed by atoms with E-state index in [0.29, 0.717) is 5.75 Å². The summed E-state index contributed by atoms with van der Waals surface area (Å²) in [7, 11) is -1.68. The molecule has 0 aliphatic rings. The minimum Gasteiger partial charge on any atom is -0.255 e. The Kier molecular flexibility index (Phi) is 8.83. The molecule has 0 heterocycles. The van der Waals surface area contributed by atoms with Crippen LogP contribution in [-0.2, 0) is 21.6 Å². The van der Waals surface area contributed by atoms with Gasteiger partial charge in [0.05, 0.1) is 10.8 Å². The number of benzene rings is 2. The summed E-state index contributed by atoms with van der Waals surface area (Å²) in [5.74, 6) is 0.684. The average molecular weight is 401 g/mol. The second-order valence-electron chi connectivity index (χ2n) is 4.82. The monoisotopic (exact) mass is 400 g/mol. The molecule has 0 fully saturated rings. The third kappa shape index (κ3) is 6.99. The molecule has 2 atom stereocenters. The van der Waals surface area contributed by atoms with Gasteiger partial charge in [-0.25, -0.2) is 0 Å². The van der Waals surface area contributed by atoms with E-state index in [4.69, 9.17) is 0 Å². The van der Waals surface area contributed by atoms with E-state index in [9.17, 15) is 8.42 Å². The number of hydrogen-bond donors (Lipinski definition) is 0. The highest BCUT2D eigenvalue weighted by molar-refractivity contribution is 9.09. The van der Waals surface area contributed by atoms with Crippen molar-refractivity contribution in [2.24, 2.45) is 0 Å². The van der Waals surface area contributed by atoms with Crippen LogP contribution >= 0.6 is 15.9 Å². The van der Waals surface area contributed by atoms with Crippen LogP contribution in [0.3, 0.4) is 0 Å². The second-order valence-corrected chi connectivity index (χ2v) is 8.56. The number of alkyl halides is 1. The molecular weight excluding hydrogens is 380 g/mol. The lowest BCUT2D eigenvalue weighted by Crippen LogP contribution is -1.98. The zero-order valence-corrected chi connectivity index (χ0v) is 16.3. The molecule has 0 N–H and O–H groups in total. The van der Waals surface area contributed by atoms with Gasteiger partial charge in [-0.3, -0.25) is 8.42 Å². The Morgan fingerprint density at radius 2 is 1.23 bits per heavy atom. The van der Waals surface area contributed by atoms with Gasteiger partial charge in [-0.1, -0.05) is 51.3 Å². The van der Waals surface area contributed by atoms with Gasteiger partial charge in [-0.2, -0.15) is 0 Å². The molecule has 22 heavy (non-hydrogen) atoms. The van der Waals surface area contributed by atoms with Crippen LogP contribution in [0.5, 0.6) is 0 Å². The lowest BCUT2D eigenvalue weighted by molar-refractivity contribution is 0.684. The highest BCUT2D eigenvalue weighted by Gasteiger charge is 2.00. The molecule has 0 saturated heterocycles. The Morgan fingerprint density at radius 3 is 1.59 bits per heavy atom. The van der Waals surface area contributed by atoms with Gasteiger partial charge in [0, 0.05) is 37.9 Å². The molecule has 0 saturated carbocycles. The Hall–Kier alpha value is -0.780. The van der Waals surface area contributed by atoms with Crippen LogP contribution in [0.4, 0.5) is 0 Å². The molecule has 0 bridgehead atoms. The van der Waals surface area contributed by atoms with Gasteiger partial charge in [-0.05, 0) is 38.1 Å². The summed E-state index contributed by atoms with van der Waals surface area (Å²) >= 11 is 3.27. The van der Waals surface area contributed by atoms with E-state index in [1.165, 1.54) is 11.1 Å². The summed E-state index contributed by atoms with van der Waals surface area (Å²) < 4.78 is 22.3. The lowest BCUT2D eigenvalue weighted by atomic mass is 10.2. The highest BCUT2D eigenvalue weighted by Crippen LogP contribution is 2.08. The summed E-state index contributed by atoms with van der Waals surface area (Å²) in [4.78, 5) is 1.81. The van der Waals surface area contributed by atoms with Gasteiger partial charge in [0.25, 0.3) is 0 Å². The van der Waals surface area contributed by atoms with E-state index in [1.54, 1.807) is 6.26 Å². The smallest absolute Gasteiger partial charge is 0.0537 e. The van der Waals surface area contributed by atoms with Crippen molar-refractivity contribution in [2.75, 3.05) is 17.3 Å². The van der Waals surface area contributed by atoms with Crippen molar-refractivity contribution in [1.82, 2.24) is 0 Å². The number of rotatable bonds is 4. The molecular formula is C17H21BrO2S2. The van der Waals surface area contributed by atoms with Gasteiger partial charge < -0.3 is 0 Å². The Balaban J connectivity index is 0.000000224. The number of halogens is 1. The van der Waals surface area contributed by atoms with Crippen molar-refractivity contribution in [3.05, 3.63) is 59.7 Å². The van der Waals surface area contributed by atoms with Crippen molar-refractivity contribution in [2.45, 2.75) is 23.6 Å². The summed E-state index contributed by atoms with van der Waals surface area (Å²) in [5.41, 5.74) is 2.41. The van der Waals surface area contributed by atoms with Crippen LogP contribution < -0.4 is 0 Å². The molecule has 0 aliphatic carbocycles. The normalized spacial score (nSPS) is 12.9. The average Bonchev–Trinajstić information content (AvgIpc) is 2.49. The minimum atomic E-state index is -0.839. The van der Waals surface area contributed by atoms with E-state index in [0.717, 1.165) is 15.1 Å². The summed E-state index contributed by atoms with van der Waals surface area (Å²) in [6.45, 7) is 4.04. The molecule has 2 unspecified atom stereocenters. The molecule has 120 valence electrons. The quantitative estimate of drug-likeness (QED) is 0.719. The van der Waals surface area contributed by atoms with Gasteiger partial charge in [0.2, 0.25) is 0 Å². The summed E-state index contributed by atoms with van der Waals surface area (Å²) in [6.07, 6.45) is 1.69. The fourth-order valence-corrected chi connectivity index (χ4v) is 3.82. The maximum absolute atomic E-state index is 11.4. The first-order valence-electron chi connectivity index (χ1n) is 6.85. The first-order valence-corrected chi connectivity index (χ1v) is 10.8. The molecule has 0 radical (unpaired) electrons. The molecule has 0 aliphatic heterocycles. The van der Waals surface area contributed by atoms with E-state index < -0.39 is 21.6 Å². The Bertz CT molecular complexity index is 622. The van der Waals surface area contributed by atoms with E-state index in [-0.39, 0.29) is 0 Å². The minimum absolute atomic E-state index is 0.684. The van der Waals surface area contributed by atoms with Gasteiger partial charge in [0.1, 0.15) is 0 Å². The second kappa shape index (κ2) is 10.1. The van der Waals surface area contributed by atoms with Crippen molar-refractivity contribution >= 4 is 37.5 Å². The predicted molar refractivity (Wildman–Crippen MR) is 99.8 cm³/mol. The molecule has 0 spiro atoms. The summed E-state index contributed by atoms with van der Waals surface area (Å²) in [5, 5.41) is 0.785. The molecule has 2 rings (SSSR count). The van der Waals surface area contributed by atoms with E-state index >= 15 is 0 Å². The van der Waals surface area contributed by atoms with E-state index in [1.807, 2.05) is 62.4 Å². The first kappa shape index (κ1) is 19.3. The largest absolute Gasteiger partial charge is 0.255 e. The molecule has 2 aromatic carbocycles. The third-order valence-electron chi connectivity index (χ3n) is 2.90. The van der Waals surface area contributed by atoms with Crippen molar-refractivity contribution in [3.8, 4) is 0 Å². The third-order valence-corrected chi connectivity index (χ3v) is 6.13. The Morgan fingerprint density at radius 1 is 0.818 bits per heavy atom. The molecule has 2 aromatic rings. The molecule has 0 amide bonds. The van der Waals surface area contributed by atoms with Crippen LogP contribution in [0.25, 0.3) is 0 Å². The van der Waals surface area contributed by atoms with Crippen LogP contribution in [0.15, 0.2) is 58.3 Å². The topological polar surface area (TPSA) is 34.1 Å². The predicted octanol–water partition coefficient (Wildman–Crippen LogP) is 4.23. The van der Waals surface area contributed by atoms with Gasteiger partial charge in [0.15, 0.2) is 0 Å². The molecule has 0 aromatic heterocycles. The molecule has 2 nitrogen and oxygen atoms in total. The standard InChI is InChI=1S/C9H11BrOS.C8H10OS/c1-8-2-4-9(5-3-8)12(11)7-6-10;1-7-3-5-8(6-4-7)10(2)9/h2-5H,6-7H2,1H3;3-6H,1-2H3. The maximum Gasteiger partial charge on any atom is 0.0537 e. The van der Waals surface area contributed by atoms with Gasteiger partial charge in [-0.15, -0.1) is 0 Å². The summed E-state index contributed by atoms with van der Waals surface area (Å²) in [6, 6.07) is 15.6. The number of aryl methyl sites for hydroxylation is 2. The zero-order chi connectivity index (χ0) is 16.5. The zero-order valence-electron chi connectivity index (χ0n) is 13.0. The van der Waals surface area contributed by atoms with Crippen molar-refractivity contribution < 1.29 is 8.42 Å². The van der Waals surface area contributed by atoms with Gasteiger partial charge >= 0.3 is 0 Å². The van der Waals surface area contributed by atoms with E-state index in [2.05, 4.69) is 15.9 Å².